The second kappa shape index (κ2) is 3.21. The summed E-state index contributed by atoms with van der Waals surface area (Å²) in [6.45, 7) is 2.94. The Bertz CT molecular complexity index is 99.6. The average Bonchev–Trinajstić information content (AvgIpc) is 1.60. The quantitative estimate of drug-likeness (QED) is 0.447. The van der Waals surface area contributed by atoms with E-state index in [1.807, 2.05) is 0 Å². The van der Waals surface area contributed by atoms with Crippen molar-refractivity contribution in [2.24, 2.45) is 5.73 Å². The van der Waals surface area contributed by atoms with Gasteiger partial charge in [-0.05, 0) is 19.2 Å². The third kappa shape index (κ3) is 4.58. The number of rotatable bonds is 3. The number of nitrogens with zero attached hydrogens (tertiary/aromatic N) is 2. The number of hydrogen-bond acceptors (Lipinski definition) is 5. The summed E-state index contributed by atoms with van der Waals surface area (Å²) in [6.07, 6.45) is 0. The fourth-order valence-electron chi connectivity index (χ4n) is 0.251. The Morgan fingerprint density at radius 2 is 1.90 bits per heavy atom. The van der Waals surface area contributed by atoms with Gasteiger partial charge in [-0.3, -0.25) is 5.21 Å². The molecule has 0 amide bonds. The molecule has 5 N–H and O–H groups in total. The molecule has 0 saturated heterocycles. The molecule has 62 valence electrons. The summed E-state index contributed by atoms with van der Waals surface area (Å²) in [5.41, 5.74) is 4.15. The minimum Gasteiger partial charge on any atom is -0.611 e. The highest BCUT2D eigenvalue weighted by Gasteiger charge is 2.14. The van der Waals surface area contributed by atoms with Crippen molar-refractivity contribution in [2.75, 3.05) is 0 Å². The Morgan fingerprint density at radius 1 is 1.50 bits per heavy atom. The lowest BCUT2D eigenvalue weighted by molar-refractivity contribution is -0.449. The zero-order valence-corrected chi connectivity index (χ0v) is 5.83. The molecule has 7 heteroatoms. The second-order valence-electron chi connectivity index (χ2n) is 2.26. The van der Waals surface area contributed by atoms with Crippen LogP contribution in [0.15, 0.2) is 0 Å². The van der Waals surface area contributed by atoms with Crippen LogP contribution in [0.25, 0.3) is 11.7 Å². The second-order valence-corrected chi connectivity index (χ2v) is 2.26. The lowest BCUT2D eigenvalue weighted by atomic mass is 10.3. The molecule has 0 aromatic carbocycles. The number of nitrogens with two attached hydrogens (primary N) is 1. The number of hydrogen-bond donors (Lipinski definition) is 2. The van der Waals surface area contributed by atoms with Crippen molar-refractivity contribution in [1.82, 2.24) is 10.6 Å². The highest BCUT2D eigenvalue weighted by atomic mass is 16.9. The normalized spacial score (nSPS) is 13.2. The Balaban J connectivity index is 3.68. The SMILES string of the molecule is CC(C)(N)ON(O)N([NH-])[NH-]. The van der Waals surface area contributed by atoms with Gasteiger partial charge >= 0.3 is 0 Å². The van der Waals surface area contributed by atoms with Gasteiger partial charge in [0, 0.05) is 0 Å². The van der Waals surface area contributed by atoms with E-state index in [1.165, 1.54) is 13.8 Å². The summed E-state index contributed by atoms with van der Waals surface area (Å²) < 4.78 is 0. The van der Waals surface area contributed by atoms with Crippen LogP contribution >= 0.6 is 0 Å². The highest BCUT2D eigenvalue weighted by molar-refractivity contribution is 4.53. The van der Waals surface area contributed by atoms with Crippen LogP contribution in [0.5, 0.6) is 0 Å². The van der Waals surface area contributed by atoms with Gasteiger partial charge in [0.25, 0.3) is 0 Å². The number of hydrazine groups is 1. The van der Waals surface area contributed by atoms with Crippen LogP contribution in [0.2, 0.25) is 0 Å². The molecule has 0 radical (unpaired) electrons. The van der Waals surface area contributed by atoms with E-state index >= 15 is 0 Å². The molecule has 0 saturated carbocycles. The van der Waals surface area contributed by atoms with Crippen LogP contribution in [-0.2, 0) is 4.84 Å². The monoisotopic (exact) mass is 149 g/mol. The van der Waals surface area contributed by atoms with Gasteiger partial charge < -0.3 is 22.6 Å². The van der Waals surface area contributed by atoms with Crippen LogP contribution in [-0.4, -0.2) is 21.5 Å². The third-order valence-corrected chi connectivity index (χ3v) is 0.488. The molecular formula is C3H11N5O2-2. The zero-order chi connectivity index (χ0) is 8.36. The Labute approximate surface area is 58.7 Å². The van der Waals surface area contributed by atoms with Gasteiger partial charge in [0.05, 0.1) is 0 Å². The summed E-state index contributed by atoms with van der Waals surface area (Å²) in [5, 5.41) is 8.32. The minimum absolute atomic E-state index is 0.0833. The van der Waals surface area contributed by atoms with Gasteiger partial charge in [0.15, 0.2) is 0 Å². The van der Waals surface area contributed by atoms with Crippen molar-refractivity contribution in [3.05, 3.63) is 11.7 Å². The van der Waals surface area contributed by atoms with Crippen molar-refractivity contribution >= 4 is 0 Å². The maximum Gasteiger partial charge on any atom is 0.136 e. The van der Waals surface area contributed by atoms with E-state index in [1.54, 1.807) is 0 Å². The molecule has 0 rings (SSSR count). The van der Waals surface area contributed by atoms with Crippen molar-refractivity contribution in [1.29, 1.82) is 0 Å². The fourth-order valence-corrected chi connectivity index (χ4v) is 0.251. The van der Waals surface area contributed by atoms with Gasteiger partial charge in [-0.25, -0.2) is 4.84 Å². The van der Waals surface area contributed by atoms with Crippen LogP contribution in [0.1, 0.15) is 13.8 Å². The van der Waals surface area contributed by atoms with E-state index in [0.717, 1.165) is 0 Å². The van der Waals surface area contributed by atoms with Crippen LogP contribution in [0, 0.1) is 0 Å². The van der Waals surface area contributed by atoms with Crippen LogP contribution in [0.3, 0.4) is 0 Å². The van der Waals surface area contributed by atoms with Gasteiger partial charge in [0.2, 0.25) is 0 Å². The van der Waals surface area contributed by atoms with Gasteiger partial charge in [-0.2, -0.15) is 0 Å². The smallest absolute Gasteiger partial charge is 0.136 e. The van der Waals surface area contributed by atoms with E-state index < -0.39 is 5.72 Å². The molecule has 0 aliphatic heterocycles. The maximum atomic E-state index is 8.54. The fraction of sp³-hybridized carbons (Fsp3) is 1.00. The topological polar surface area (TPSA) is 110 Å². The summed E-state index contributed by atoms with van der Waals surface area (Å²) in [5.74, 6) is 12.9. The summed E-state index contributed by atoms with van der Waals surface area (Å²) in [4.78, 5) is 4.42. The molecule has 0 atom stereocenters. The van der Waals surface area contributed by atoms with Gasteiger partial charge in [0.1, 0.15) is 5.72 Å². The molecule has 0 aromatic rings. The first-order chi connectivity index (χ1) is 4.33. The molecule has 7 nitrogen and oxygen atoms in total. The highest BCUT2D eigenvalue weighted by Crippen LogP contribution is 2.04. The van der Waals surface area contributed by atoms with E-state index in [-0.39, 0.29) is 10.6 Å². The molecule has 0 fully saturated rings. The van der Waals surface area contributed by atoms with Crippen LogP contribution < -0.4 is 5.73 Å². The van der Waals surface area contributed by atoms with E-state index in [4.69, 9.17) is 22.6 Å². The molecular weight excluding hydrogens is 138 g/mol. The summed E-state index contributed by atoms with van der Waals surface area (Å²) >= 11 is 0. The minimum atomic E-state index is -1.10. The Kier molecular flexibility index (Phi) is 3.12. The predicted octanol–water partition coefficient (Wildman–Crippen LogP) is 0.455. The van der Waals surface area contributed by atoms with Gasteiger partial charge in [-0.1, -0.05) is 0 Å². The zero-order valence-electron chi connectivity index (χ0n) is 5.83. The molecule has 0 aliphatic rings. The van der Waals surface area contributed by atoms with Gasteiger partial charge in [-0.15, -0.1) is 0 Å². The first-order valence-corrected chi connectivity index (χ1v) is 2.52. The third-order valence-electron chi connectivity index (χ3n) is 0.488. The van der Waals surface area contributed by atoms with E-state index in [9.17, 15) is 0 Å². The lowest BCUT2D eigenvalue weighted by Crippen LogP contribution is -2.44. The first-order valence-electron chi connectivity index (χ1n) is 2.52. The maximum absolute atomic E-state index is 8.54. The molecule has 0 spiro atoms. The van der Waals surface area contributed by atoms with Crippen molar-refractivity contribution in [3.63, 3.8) is 0 Å². The van der Waals surface area contributed by atoms with Crippen molar-refractivity contribution in [3.8, 4) is 0 Å². The molecule has 0 unspecified atom stereocenters. The Hall–Kier alpha value is -0.280. The van der Waals surface area contributed by atoms with Crippen molar-refractivity contribution in [2.45, 2.75) is 19.6 Å². The largest absolute Gasteiger partial charge is 0.611 e. The first kappa shape index (κ1) is 9.72. The molecule has 10 heavy (non-hydrogen) atoms. The molecule has 0 bridgehead atoms. The van der Waals surface area contributed by atoms with E-state index in [2.05, 4.69) is 4.84 Å². The standard InChI is InChI=1S/C3H11N5O2/c1-3(2,4)10-8(9)7(5)6/h5-6,9H,4H2,1-2H3/q-2. The average molecular weight is 149 g/mol. The summed E-state index contributed by atoms with van der Waals surface area (Å²) in [6, 6.07) is 0. The predicted molar refractivity (Wildman–Crippen MR) is 33.5 cm³/mol. The lowest BCUT2D eigenvalue weighted by Gasteiger charge is -2.39. The van der Waals surface area contributed by atoms with E-state index in [0.29, 0.717) is 0 Å². The van der Waals surface area contributed by atoms with Crippen LogP contribution in [0.4, 0.5) is 0 Å². The molecule has 0 heterocycles. The Morgan fingerprint density at radius 3 is 2.00 bits per heavy atom. The summed E-state index contributed by atoms with van der Waals surface area (Å²) in [7, 11) is 0. The molecule has 0 aromatic heterocycles. The molecule has 0 aliphatic carbocycles. The number of nitrogens with one attached hydrogen (secondary N) is 2. The van der Waals surface area contributed by atoms with Crippen molar-refractivity contribution < 1.29 is 10.0 Å².